The molecule has 6 aromatic rings. The normalized spacial score (nSPS) is 18.8. The predicted octanol–water partition coefficient (Wildman–Crippen LogP) is 13.4. The van der Waals surface area contributed by atoms with Crippen molar-refractivity contribution in [1.29, 1.82) is 0 Å². The number of aromatic hydroxyl groups is 1. The SMILES string of the molecule is Cc1ccc(CBr)cc1[N+](=O)[O-].Cc1ccc([C@@H]2CCC(=O)OC2)cc1C.Cc1ccc([C@H]2COC(=O)C(Cc3ccc(C)c([N+](=O)[O-])c3)C2)cc1C.Cc1ccc([C@H]2COC(=O)C(Cc3ccc(O)c(N)c3)C2)cc1C. The van der Waals surface area contributed by atoms with Crippen LogP contribution >= 0.6 is 15.9 Å². The molecule has 77 heavy (non-hydrogen) atoms. The first-order valence-electron chi connectivity index (χ1n) is 25.9. The van der Waals surface area contributed by atoms with Gasteiger partial charge in [0, 0.05) is 52.8 Å². The number of nitro groups is 2. The first-order chi connectivity index (χ1) is 36.6. The summed E-state index contributed by atoms with van der Waals surface area (Å²) in [5.41, 5.74) is 21.7. The Kier molecular flexibility index (Phi) is 20.7. The van der Waals surface area contributed by atoms with Crippen LogP contribution in [0.1, 0.15) is 121 Å². The van der Waals surface area contributed by atoms with Gasteiger partial charge < -0.3 is 25.1 Å². The van der Waals surface area contributed by atoms with E-state index in [1.54, 1.807) is 56.3 Å². The highest BCUT2D eigenvalue weighted by molar-refractivity contribution is 9.08. The number of nitro benzene ring substituents is 2. The van der Waals surface area contributed by atoms with E-state index in [1.807, 2.05) is 12.1 Å². The number of phenolic OH excluding ortho intramolecular Hbond substituents is 1. The van der Waals surface area contributed by atoms with Gasteiger partial charge in [-0.15, -0.1) is 0 Å². The van der Waals surface area contributed by atoms with Crippen molar-refractivity contribution in [2.75, 3.05) is 25.6 Å². The van der Waals surface area contributed by atoms with Gasteiger partial charge in [-0.2, -0.15) is 0 Å². The van der Waals surface area contributed by atoms with E-state index in [4.69, 9.17) is 19.9 Å². The summed E-state index contributed by atoms with van der Waals surface area (Å²) < 4.78 is 15.9. The number of phenols is 1. The van der Waals surface area contributed by atoms with Gasteiger partial charge in [0.1, 0.15) is 5.75 Å². The van der Waals surface area contributed by atoms with Crippen LogP contribution in [0, 0.1) is 87.5 Å². The summed E-state index contributed by atoms with van der Waals surface area (Å²) in [6, 6.07) is 34.8. The van der Waals surface area contributed by atoms with Gasteiger partial charge in [0.15, 0.2) is 0 Å². The molecule has 3 saturated heterocycles. The largest absolute Gasteiger partial charge is 0.506 e. The van der Waals surface area contributed by atoms with Crippen LogP contribution in [-0.4, -0.2) is 52.7 Å². The van der Waals surface area contributed by atoms with E-state index in [9.17, 15) is 39.7 Å². The number of aryl methyl sites for hydroxylation is 8. The lowest BCUT2D eigenvalue weighted by Crippen LogP contribution is -2.31. The zero-order valence-corrected chi connectivity index (χ0v) is 46.8. The van der Waals surface area contributed by atoms with E-state index < -0.39 is 0 Å². The molecule has 6 aromatic carbocycles. The first-order valence-corrected chi connectivity index (χ1v) is 27.0. The molecule has 14 nitrogen and oxygen atoms in total. The molecule has 0 aliphatic carbocycles. The Balaban J connectivity index is 0.000000174. The molecule has 406 valence electrons. The minimum atomic E-state index is -0.379. The number of cyclic esters (lactones) is 3. The maximum Gasteiger partial charge on any atom is 0.309 e. The summed E-state index contributed by atoms with van der Waals surface area (Å²) in [4.78, 5) is 56.2. The quantitative estimate of drug-likeness (QED) is 0.0249. The lowest BCUT2D eigenvalue weighted by molar-refractivity contribution is -0.385. The topological polar surface area (TPSA) is 211 Å². The second kappa shape index (κ2) is 27.1. The van der Waals surface area contributed by atoms with Crippen LogP contribution in [0.15, 0.2) is 109 Å². The molecular formula is C62H70BrN3O11. The zero-order chi connectivity index (χ0) is 56.1. The number of hydrogen-bond acceptors (Lipinski definition) is 12. The smallest absolute Gasteiger partial charge is 0.309 e. The van der Waals surface area contributed by atoms with Crippen LogP contribution in [-0.2, 0) is 46.8 Å². The number of nitrogens with two attached hydrogens (primary N) is 1. The second-order valence-electron chi connectivity index (χ2n) is 20.7. The number of benzene rings is 6. The molecule has 0 amide bonds. The van der Waals surface area contributed by atoms with Gasteiger partial charge >= 0.3 is 17.9 Å². The molecular weight excluding hydrogens is 1040 g/mol. The summed E-state index contributed by atoms with van der Waals surface area (Å²) in [7, 11) is 0. The van der Waals surface area contributed by atoms with Gasteiger partial charge in [0.2, 0.25) is 0 Å². The Bertz CT molecular complexity index is 3110. The molecule has 9 rings (SSSR count). The number of hydrogen-bond donors (Lipinski definition) is 2. The molecule has 0 radical (unpaired) electrons. The number of nitrogens with zero attached hydrogens (tertiary/aromatic N) is 2. The Hall–Kier alpha value is -7.39. The monoisotopic (exact) mass is 1110 g/mol. The fraction of sp³-hybridized carbons (Fsp3) is 0.371. The predicted molar refractivity (Wildman–Crippen MR) is 303 cm³/mol. The van der Waals surface area contributed by atoms with Crippen molar-refractivity contribution >= 4 is 50.9 Å². The van der Waals surface area contributed by atoms with Crippen LogP contribution in [0.3, 0.4) is 0 Å². The molecule has 0 aromatic heterocycles. The lowest BCUT2D eigenvalue weighted by Gasteiger charge is -2.29. The Morgan fingerprint density at radius 2 is 0.909 bits per heavy atom. The van der Waals surface area contributed by atoms with Gasteiger partial charge in [-0.05, 0) is 166 Å². The molecule has 3 N–H and O–H groups in total. The highest BCUT2D eigenvalue weighted by atomic mass is 79.9. The Morgan fingerprint density at radius 1 is 0.519 bits per heavy atom. The Labute approximate surface area is 459 Å². The van der Waals surface area contributed by atoms with E-state index in [1.165, 1.54) is 50.1 Å². The minimum absolute atomic E-state index is 0.0601. The number of alkyl halides is 1. The molecule has 15 heteroatoms. The number of carbonyl (C=O) groups excluding carboxylic acids is 3. The summed E-state index contributed by atoms with van der Waals surface area (Å²) in [6.07, 6.45) is 3.97. The van der Waals surface area contributed by atoms with Crippen molar-refractivity contribution < 1.29 is 43.5 Å². The van der Waals surface area contributed by atoms with E-state index >= 15 is 0 Å². The van der Waals surface area contributed by atoms with Crippen molar-refractivity contribution in [1.82, 2.24) is 0 Å². The standard InChI is InChI=1S/C21H23NO4.C20H23NO3.C13H16O2.C8H8BrNO2/c1-13-5-7-17(8-15(13)3)19-11-18(21(23)26-12-19)9-16-6-4-14(2)20(10-16)22(24)25;1-12-3-5-15(7-13(12)2)17-10-16(20(23)24-11-17)8-14-4-6-19(22)18(21)9-14;1-9-3-4-11(7-10(9)2)12-5-6-13(14)15-8-12;1-6-2-3-7(5-9)4-8(6)10(11)12/h4-8,10,18-19H,9,11-12H2,1-3H3;3-7,9,16-17,22H,8,10-11,21H2,1-2H3;3-4,7,12H,5-6,8H2,1-2H3;2-4H,5H2,1H3/t18?,19-;16?,17-;12-;/m111./s1. The summed E-state index contributed by atoms with van der Waals surface area (Å²) in [5, 5.41) is 31.8. The Morgan fingerprint density at radius 3 is 1.31 bits per heavy atom. The van der Waals surface area contributed by atoms with E-state index in [0.717, 1.165) is 29.5 Å². The van der Waals surface area contributed by atoms with Crippen molar-refractivity contribution in [3.63, 3.8) is 0 Å². The number of nitrogen functional groups attached to an aromatic ring is 1. The molecule has 3 heterocycles. The third-order valence-corrected chi connectivity index (χ3v) is 15.6. The summed E-state index contributed by atoms with van der Waals surface area (Å²) >= 11 is 3.24. The summed E-state index contributed by atoms with van der Waals surface area (Å²) in [5.74, 6) is -0.0454. The third kappa shape index (κ3) is 16.3. The molecule has 3 aliphatic heterocycles. The molecule has 3 fully saturated rings. The second-order valence-corrected chi connectivity index (χ2v) is 21.2. The maximum atomic E-state index is 12.2. The van der Waals surface area contributed by atoms with Crippen LogP contribution in [0.4, 0.5) is 17.1 Å². The average molecular weight is 1110 g/mol. The molecule has 0 bridgehead atoms. The molecule has 0 spiro atoms. The van der Waals surface area contributed by atoms with Crippen LogP contribution in [0.5, 0.6) is 5.75 Å². The lowest BCUT2D eigenvalue weighted by atomic mass is 9.83. The van der Waals surface area contributed by atoms with E-state index in [-0.39, 0.29) is 68.6 Å². The fourth-order valence-corrected chi connectivity index (χ4v) is 9.94. The third-order valence-electron chi connectivity index (χ3n) is 15.0. The van der Waals surface area contributed by atoms with Gasteiger partial charge in [-0.1, -0.05) is 101 Å². The number of halogens is 1. The van der Waals surface area contributed by atoms with Gasteiger partial charge in [0.05, 0.1) is 47.2 Å². The number of carbonyl (C=O) groups is 3. The number of rotatable bonds is 10. The molecule has 3 aliphatic rings. The zero-order valence-electron chi connectivity index (χ0n) is 45.2. The van der Waals surface area contributed by atoms with Crippen LogP contribution in [0.2, 0.25) is 0 Å². The van der Waals surface area contributed by atoms with Crippen LogP contribution in [0.25, 0.3) is 0 Å². The van der Waals surface area contributed by atoms with Crippen molar-refractivity contribution in [2.45, 2.75) is 117 Å². The maximum absolute atomic E-state index is 12.2. The van der Waals surface area contributed by atoms with E-state index in [2.05, 4.69) is 112 Å². The number of esters is 3. The minimum Gasteiger partial charge on any atom is -0.506 e. The molecule has 2 unspecified atom stereocenters. The van der Waals surface area contributed by atoms with Gasteiger partial charge in [-0.3, -0.25) is 34.6 Å². The van der Waals surface area contributed by atoms with Crippen molar-refractivity contribution in [3.05, 3.63) is 207 Å². The highest BCUT2D eigenvalue weighted by Gasteiger charge is 2.33. The average Bonchev–Trinajstić information content (AvgIpc) is 3.40. The summed E-state index contributed by atoms with van der Waals surface area (Å²) in [6.45, 7) is 17.4. The first kappa shape index (κ1) is 58.9. The highest BCUT2D eigenvalue weighted by Crippen LogP contribution is 2.35. The van der Waals surface area contributed by atoms with Crippen molar-refractivity contribution in [3.8, 4) is 5.75 Å². The number of ether oxygens (including phenoxy) is 3. The number of anilines is 1. The molecule has 0 saturated carbocycles. The fourth-order valence-electron chi connectivity index (χ4n) is 9.59. The van der Waals surface area contributed by atoms with Gasteiger partial charge in [-0.25, -0.2) is 0 Å². The molecule has 5 atom stereocenters. The van der Waals surface area contributed by atoms with Crippen LogP contribution < -0.4 is 5.73 Å². The van der Waals surface area contributed by atoms with Gasteiger partial charge in [0.25, 0.3) is 11.4 Å². The van der Waals surface area contributed by atoms with Crippen molar-refractivity contribution in [2.24, 2.45) is 11.8 Å². The van der Waals surface area contributed by atoms with E-state index in [0.29, 0.717) is 73.6 Å².